The van der Waals surface area contributed by atoms with Crippen molar-refractivity contribution in [3.63, 3.8) is 0 Å². The topological polar surface area (TPSA) is 233 Å². The van der Waals surface area contributed by atoms with Gasteiger partial charge in [0.2, 0.25) is 5.91 Å². The number of phenols is 1. The Morgan fingerprint density at radius 1 is 1.19 bits per heavy atom. The Bertz CT molecular complexity index is 1380. The highest BCUT2D eigenvalue weighted by Crippen LogP contribution is 2.65. The van der Waals surface area contributed by atoms with Gasteiger partial charge in [0.15, 0.2) is 23.9 Å². The Labute approximate surface area is 245 Å². The zero-order valence-corrected chi connectivity index (χ0v) is 23.4. The average molecular weight is 607 g/mol. The van der Waals surface area contributed by atoms with Crippen molar-refractivity contribution in [2.45, 2.75) is 86.7 Å². The van der Waals surface area contributed by atoms with E-state index in [9.17, 15) is 39.6 Å². The van der Waals surface area contributed by atoms with Crippen molar-refractivity contribution in [3.8, 4) is 11.5 Å². The SMILES string of the molecule is C[C@H](OC(O)[C@@H](O)CC(=O)OC1=CC[C@@]2(O)[C@H]3Cc4ccc(O)c5c4C2(CCN3C)[C@H]1O5)C(=O)N[C@H](CC(=O)O)C(=O)O. The maximum absolute atomic E-state index is 12.9. The fourth-order valence-corrected chi connectivity index (χ4v) is 6.91. The molecule has 0 radical (unpaired) electrons. The molecular formula is C28H34N2O13. The lowest BCUT2D eigenvalue weighted by Crippen LogP contribution is -2.74. The molecule has 7 N–H and O–H groups in total. The number of nitrogens with one attached hydrogen (secondary N) is 1. The van der Waals surface area contributed by atoms with E-state index in [0.29, 0.717) is 24.9 Å². The number of nitrogens with zero attached hydrogens (tertiary/aromatic N) is 1. The summed E-state index contributed by atoms with van der Waals surface area (Å²) in [6.07, 6.45) is -5.36. The largest absolute Gasteiger partial charge is 0.504 e. The van der Waals surface area contributed by atoms with Gasteiger partial charge in [0.1, 0.15) is 24.0 Å². The third kappa shape index (κ3) is 5.00. The molecule has 1 spiro atoms. The number of likely N-dealkylation sites (N-methyl/N-ethyl adjacent to an activating group) is 1. The summed E-state index contributed by atoms with van der Waals surface area (Å²) in [6.45, 7) is 1.76. The maximum atomic E-state index is 12.9. The van der Waals surface area contributed by atoms with E-state index in [1.54, 1.807) is 6.08 Å². The Kier molecular flexibility index (Phi) is 7.89. The van der Waals surface area contributed by atoms with Gasteiger partial charge >= 0.3 is 17.9 Å². The van der Waals surface area contributed by atoms with E-state index in [1.807, 2.05) is 18.4 Å². The van der Waals surface area contributed by atoms with Crippen LogP contribution in [0.1, 0.15) is 43.7 Å². The predicted octanol–water partition coefficient (Wildman–Crippen LogP) is -1.27. The highest BCUT2D eigenvalue weighted by molar-refractivity contribution is 5.88. The molecule has 234 valence electrons. The van der Waals surface area contributed by atoms with Gasteiger partial charge in [-0.15, -0.1) is 0 Å². The summed E-state index contributed by atoms with van der Waals surface area (Å²) in [5.74, 6) is -4.86. The number of amides is 1. The van der Waals surface area contributed by atoms with Crippen LogP contribution in [0.25, 0.3) is 0 Å². The second kappa shape index (κ2) is 11.1. The molecule has 1 fully saturated rings. The average Bonchev–Trinajstić information content (AvgIpc) is 3.29. The van der Waals surface area contributed by atoms with Gasteiger partial charge in [-0.2, -0.15) is 0 Å². The number of hydrogen-bond donors (Lipinski definition) is 7. The van der Waals surface area contributed by atoms with Crippen molar-refractivity contribution >= 4 is 23.8 Å². The molecule has 2 heterocycles. The van der Waals surface area contributed by atoms with Crippen LogP contribution in [0.3, 0.4) is 0 Å². The van der Waals surface area contributed by atoms with E-state index < -0.39 is 78.3 Å². The zero-order valence-electron chi connectivity index (χ0n) is 23.4. The number of carbonyl (C=O) groups excluding carboxylic acids is 2. The summed E-state index contributed by atoms with van der Waals surface area (Å²) in [4.78, 5) is 49.3. The molecule has 1 saturated heterocycles. The van der Waals surface area contributed by atoms with Crippen molar-refractivity contribution in [2.24, 2.45) is 0 Å². The van der Waals surface area contributed by atoms with Gasteiger partial charge in [-0.1, -0.05) is 6.07 Å². The quantitative estimate of drug-likeness (QED) is 0.115. The van der Waals surface area contributed by atoms with Crippen LogP contribution in [0.4, 0.5) is 0 Å². The number of phenolic OH excluding ortho intramolecular Hbond substituents is 1. The first-order chi connectivity index (χ1) is 20.2. The third-order valence-electron chi connectivity index (χ3n) is 9.00. The molecule has 2 aliphatic heterocycles. The Hall–Kier alpha value is -3.76. The number of ether oxygens (including phenoxy) is 3. The summed E-state index contributed by atoms with van der Waals surface area (Å²) in [5, 5.41) is 63.2. The molecule has 15 nitrogen and oxygen atoms in total. The van der Waals surface area contributed by atoms with E-state index in [2.05, 4.69) is 4.90 Å². The Morgan fingerprint density at radius 2 is 1.91 bits per heavy atom. The van der Waals surface area contributed by atoms with Gasteiger partial charge in [-0.3, -0.25) is 14.4 Å². The number of aliphatic hydroxyl groups is 3. The highest BCUT2D eigenvalue weighted by Gasteiger charge is 2.72. The number of rotatable bonds is 11. The summed E-state index contributed by atoms with van der Waals surface area (Å²) in [6, 6.07) is 1.35. The molecule has 2 bridgehead atoms. The van der Waals surface area contributed by atoms with E-state index >= 15 is 0 Å². The number of piperidine rings is 1. The van der Waals surface area contributed by atoms with Crippen LogP contribution in [0.5, 0.6) is 11.5 Å². The molecule has 1 aromatic rings. The number of benzene rings is 1. The lowest BCUT2D eigenvalue weighted by atomic mass is 9.50. The van der Waals surface area contributed by atoms with Gasteiger partial charge in [-0.25, -0.2) is 4.79 Å². The summed E-state index contributed by atoms with van der Waals surface area (Å²) < 4.78 is 16.8. The van der Waals surface area contributed by atoms with Crippen LogP contribution in [-0.4, -0.2) is 115 Å². The first kappa shape index (κ1) is 30.7. The molecule has 1 amide bonds. The van der Waals surface area contributed by atoms with Crippen LogP contribution in [0, 0.1) is 0 Å². The van der Waals surface area contributed by atoms with Gasteiger partial charge in [0.05, 0.1) is 23.9 Å². The molecule has 2 aliphatic carbocycles. The molecule has 4 aliphatic rings. The summed E-state index contributed by atoms with van der Waals surface area (Å²) >= 11 is 0. The van der Waals surface area contributed by atoms with E-state index in [-0.39, 0.29) is 29.7 Å². The molecule has 2 unspecified atom stereocenters. The number of aromatic hydroxyl groups is 1. The van der Waals surface area contributed by atoms with E-state index in [0.717, 1.165) is 12.5 Å². The van der Waals surface area contributed by atoms with Gasteiger partial charge in [-0.05, 0) is 51.1 Å². The Balaban J connectivity index is 1.26. The fourth-order valence-electron chi connectivity index (χ4n) is 6.91. The van der Waals surface area contributed by atoms with Crippen LogP contribution < -0.4 is 10.1 Å². The number of aliphatic carboxylic acids is 2. The van der Waals surface area contributed by atoms with Crippen LogP contribution in [-0.2, 0) is 40.5 Å². The fraction of sp³-hybridized carbons (Fsp3) is 0.571. The zero-order chi connectivity index (χ0) is 31.4. The molecule has 1 aromatic carbocycles. The first-order valence-electron chi connectivity index (χ1n) is 13.8. The van der Waals surface area contributed by atoms with Gasteiger partial charge in [0.25, 0.3) is 0 Å². The van der Waals surface area contributed by atoms with Crippen LogP contribution in [0.15, 0.2) is 24.0 Å². The number of hydrogen-bond acceptors (Lipinski definition) is 12. The normalized spacial score (nSPS) is 29.7. The van der Waals surface area contributed by atoms with E-state index in [1.165, 1.54) is 6.07 Å². The minimum absolute atomic E-state index is 0.0925. The van der Waals surface area contributed by atoms with Crippen molar-refractivity contribution < 1.29 is 64.0 Å². The predicted molar refractivity (Wildman–Crippen MR) is 142 cm³/mol. The van der Waals surface area contributed by atoms with Crippen molar-refractivity contribution in [1.82, 2.24) is 10.2 Å². The maximum Gasteiger partial charge on any atom is 0.326 e. The number of carboxylic acids is 2. The molecule has 15 heteroatoms. The molecule has 5 rings (SSSR count). The number of carboxylic acid groups (broad SMARTS) is 2. The molecule has 0 aromatic heterocycles. The minimum Gasteiger partial charge on any atom is -0.504 e. The lowest BCUT2D eigenvalue weighted by molar-refractivity contribution is -0.194. The van der Waals surface area contributed by atoms with Crippen LogP contribution >= 0.6 is 0 Å². The molecule has 43 heavy (non-hydrogen) atoms. The highest BCUT2D eigenvalue weighted by atomic mass is 16.6. The van der Waals surface area contributed by atoms with Crippen molar-refractivity contribution in [3.05, 3.63) is 35.1 Å². The minimum atomic E-state index is -2.07. The molecule has 0 saturated carbocycles. The second-order valence-electron chi connectivity index (χ2n) is 11.5. The van der Waals surface area contributed by atoms with Crippen LogP contribution in [0.2, 0.25) is 0 Å². The Morgan fingerprint density at radius 3 is 2.58 bits per heavy atom. The van der Waals surface area contributed by atoms with Crippen molar-refractivity contribution in [1.29, 1.82) is 0 Å². The third-order valence-corrected chi connectivity index (χ3v) is 9.00. The van der Waals surface area contributed by atoms with Crippen molar-refractivity contribution in [2.75, 3.05) is 13.6 Å². The summed E-state index contributed by atoms with van der Waals surface area (Å²) in [7, 11) is 1.94. The molecule has 8 atom stereocenters. The number of aliphatic hydroxyl groups excluding tert-OH is 2. The van der Waals surface area contributed by atoms with Gasteiger partial charge < -0.3 is 55.1 Å². The number of esters is 1. The smallest absolute Gasteiger partial charge is 0.326 e. The standard InChI is InChI=1S/C28H34N2O13/c1-12(24(36)29-14(25(37)38)10-19(33)34)41-26(39)16(32)11-20(35)42-17-5-6-28(40)18-9-13-3-4-15(31)22-21(13)27(28,23(17)43-22)7-8-30(18)2/h3-5,12,14,16,18,23,26,31-32,39-40H,6-11H2,1-2H3,(H,29,36)(H,33,34)(H,37,38)/t12-,14+,16-,18+,23-,26?,27?,28+/m0/s1. The lowest BCUT2D eigenvalue weighted by Gasteiger charge is -2.61. The van der Waals surface area contributed by atoms with Gasteiger partial charge in [0, 0.05) is 18.0 Å². The number of carbonyl (C=O) groups is 4. The second-order valence-corrected chi connectivity index (χ2v) is 11.5. The summed E-state index contributed by atoms with van der Waals surface area (Å²) in [5.41, 5.74) is -0.628. The first-order valence-corrected chi connectivity index (χ1v) is 13.8. The van der Waals surface area contributed by atoms with E-state index in [4.69, 9.17) is 24.4 Å². The molecular weight excluding hydrogens is 572 g/mol. The monoisotopic (exact) mass is 606 g/mol. The number of likely N-dealkylation sites (tertiary alicyclic amines) is 1.